The predicted molar refractivity (Wildman–Crippen MR) is 173 cm³/mol. The summed E-state index contributed by atoms with van der Waals surface area (Å²) in [5, 5.41) is 6.22. The lowest BCUT2D eigenvalue weighted by Gasteiger charge is -2.62. The van der Waals surface area contributed by atoms with Gasteiger partial charge in [-0.15, -0.1) is 11.3 Å². The normalized spacial score (nSPS) is 36.2. The molecule has 0 saturated heterocycles. The summed E-state index contributed by atoms with van der Waals surface area (Å²) in [5.74, 6) is 5.63. The first-order valence-electron chi connectivity index (χ1n) is 16.5. The molecule has 0 spiro atoms. The highest BCUT2D eigenvalue weighted by atomic mass is 32.2. The summed E-state index contributed by atoms with van der Waals surface area (Å²) in [6.45, 7) is 10.6. The van der Waals surface area contributed by atoms with E-state index in [1.54, 1.807) is 11.3 Å². The summed E-state index contributed by atoms with van der Waals surface area (Å²) in [5.41, 5.74) is 3.26. The summed E-state index contributed by atoms with van der Waals surface area (Å²) < 4.78 is 2.98. The van der Waals surface area contributed by atoms with Crippen molar-refractivity contribution in [3.8, 4) is 10.6 Å². The Bertz CT molecular complexity index is 1210. The minimum Gasteiger partial charge on any atom is -0.337 e. The van der Waals surface area contributed by atoms with Crippen LogP contribution in [0.5, 0.6) is 0 Å². The molecular weight excluding hydrogens is 543 g/mol. The van der Waals surface area contributed by atoms with Gasteiger partial charge in [0.15, 0.2) is 0 Å². The molecule has 224 valence electrons. The average molecular weight is 594 g/mol. The third-order valence-electron chi connectivity index (χ3n) is 12.5. The van der Waals surface area contributed by atoms with Gasteiger partial charge in [-0.25, -0.2) is 9.78 Å². The molecule has 0 radical (unpaired) electrons. The summed E-state index contributed by atoms with van der Waals surface area (Å²) in [7, 11) is 0. The first-order chi connectivity index (χ1) is 19.8. The minimum absolute atomic E-state index is 0.0930. The SMILES string of the molecule is CC[C@H]1CC2C3CCC(CCCNC(=O)NSc4cccc(-c5nc(C)cs5)c4)C3(C)CC[C@@H]2C2(C)CCCCC12. The zero-order chi connectivity index (χ0) is 28.6. The number of carbonyl (C=O) groups is 1. The fraction of sp³-hybridized carbons (Fsp3) is 0.714. The average Bonchev–Trinajstić information content (AvgIpc) is 3.56. The van der Waals surface area contributed by atoms with Crippen LogP contribution in [-0.2, 0) is 0 Å². The van der Waals surface area contributed by atoms with Crippen molar-refractivity contribution in [3.63, 3.8) is 0 Å². The number of hydrogen-bond acceptors (Lipinski definition) is 4. The van der Waals surface area contributed by atoms with Gasteiger partial charge in [0.1, 0.15) is 5.01 Å². The number of carbonyl (C=O) groups excluding carboxylic acids is 1. The Morgan fingerprint density at radius 3 is 2.73 bits per heavy atom. The Labute approximate surface area is 256 Å². The Morgan fingerprint density at radius 1 is 1.07 bits per heavy atom. The van der Waals surface area contributed by atoms with Crippen molar-refractivity contribution in [1.29, 1.82) is 0 Å². The zero-order valence-electron chi connectivity index (χ0n) is 25.7. The number of thiazole rings is 1. The van der Waals surface area contributed by atoms with E-state index in [0.717, 1.165) is 69.6 Å². The molecule has 2 N–H and O–H groups in total. The molecule has 41 heavy (non-hydrogen) atoms. The number of fused-ring (bicyclic) bond motifs is 5. The van der Waals surface area contributed by atoms with E-state index in [4.69, 9.17) is 0 Å². The molecule has 4 nitrogen and oxygen atoms in total. The second-order valence-electron chi connectivity index (χ2n) is 14.4. The van der Waals surface area contributed by atoms with Crippen LogP contribution in [0.15, 0.2) is 34.5 Å². The van der Waals surface area contributed by atoms with Gasteiger partial charge in [-0.05, 0) is 135 Å². The van der Waals surface area contributed by atoms with E-state index in [0.29, 0.717) is 10.8 Å². The largest absolute Gasteiger partial charge is 0.337 e. The molecule has 4 aliphatic rings. The highest BCUT2D eigenvalue weighted by Crippen LogP contribution is 2.69. The predicted octanol–water partition coefficient (Wildman–Crippen LogP) is 9.89. The third kappa shape index (κ3) is 5.73. The van der Waals surface area contributed by atoms with E-state index >= 15 is 0 Å². The fourth-order valence-electron chi connectivity index (χ4n) is 10.5. The molecule has 0 aliphatic heterocycles. The van der Waals surface area contributed by atoms with Crippen molar-refractivity contribution in [2.24, 2.45) is 46.3 Å². The van der Waals surface area contributed by atoms with E-state index in [1.165, 1.54) is 82.6 Å². The van der Waals surface area contributed by atoms with Crippen molar-refractivity contribution in [3.05, 3.63) is 35.3 Å². The highest BCUT2D eigenvalue weighted by Gasteiger charge is 2.60. The van der Waals surface area contributed by atoms with E-state index in [-0.39, 0.29) is 6.03 Å². The van der Waals surface area contributed by atoms with Gasteiger partial charge in [0, 0.05) is 28.1 Å². The lowest BCUT2D eigenvalue weighted by atomic mass is 9.42. The molecular formula is C35H51N3OS2. The van der Waals surface area contributed by atoms with Crippen molar-refractivity contribution < 1.29 is 4.79 Å². The van der Waals surface area contributed by atoms with Crippen LogP contribution in [-0.4, -0.2) is 17.6 Å². The van der Waals surface area contributed by atoms with Gasteiger partial charge in [-0.3, -0.25) is 4.72 Å². The second kappa shape index (κ2) is 12.2. The van der Waals surface area contributed by atoms with Gasteiger partial charge < -0.3 is 5.32 Å². The van der Waals surface area contributed by atoms with E-state index in [1.807, 2.05) is 19.1 Å². The quantitative estimate of drug-likeness (QED) is 0.237. The Balaban J connectivity index is 0.982. The van der Waals surface area contributed by atoms with Crippen LogP contribution in [0.3, 0.4) is 0 Å². The van der Waals surface area contributed by atoms with Crippen molar-refractivity contribution in [1.82, 2.24) is 15.0 Å². The molecule has 1 aromatic carbocycles. The van der Waals surface area contributed by atoms with Gasteiger partial charge in [0.05, 0.1) is 0 Å². The number of aromatic nitrogens is 1. The van der Waals surface area contributed by atoms with Crippen LogP contribution in [0.4, 0.5) is 4.79 Å². The highest BCUT2D eigenvalue weighted by molar-refractivity contribution is 7.98. The number of urea groups is 1. The summed E-state index contributed by atoms with van der Waals surface area (Å²) in [6, 6.07) is 8.14. The van der Waals surface area contributed by atoms with Crippen LogP contribution in [0, 0.1) is 53.3 Å². The van der Waals surface area contributed by atoms with Crippen LogP contribution in [0.25, 0.3) is 10.6 Å². The lowest BCUT2D eigenvalue weighted by Crippen LogP contribution is -2.55. The van der Waals surface area contributed by atoms with Crippen molar-refractivity contribution in [2.45, 2.75) is 110 Å². The lowest BCUT2D eigenvalue weighted by molar-refractivity contribution is -0.135. The van der Waals surface area contributed by atoms with Gasteiger partial charge in [0.2, 0.25) is 0 Å². The molecule has 6 rings (SSSR count). The summed E-state index contributed by atoms with van der Waals surface area (Å²) in [4.78, 5) is 18.2. The number of amides is 2. The van der Waals surface area contributed by atoms with Gasteiger partial charge >= 0.3 is 6.03 Å². The number of aryl methyl sites for hydroxylation is 1. The van der Waals surface area contributed by atoms with Gasteiger partial charge in [-0.1, -0.05) is 52.2 Å². The molecule has 1 heterocycles. The molecule has 6 unspecified atom stereocenters. The molecule has 6 heteroatoms. The molecule has 4 aliphatic carbocycles. The Hall–Kier alpha value is -1.53. The van der Waals surface area contributed by atoms with Gasteiger partial charge in [-0.2, -0.15) is 0 Å². The maximum atomic E-state index is 12.6. The summed E-state index contributed by atoms with van der Waals surface area (Å²) >= 11 is 3.03. The van der Waals surface area contributed by atoms with Crippen molar-refractivity contribution >= 4 is 29.3 Å². The number of benzene rings is 1. The second-order valence-corrected chi connectivity index (χ2v) is 16.1. The minimum atomic E-state index is -0.0930. The smallest absolute Gasteiger partial charge is 0.325 e. The van der Waals surface area contributed by atoms with Crippen molar-refractivity contribution in [2.75, 3.05) is 6.54 Å². The van der Waals surface area contributed by atoms with Crippen LogP contribution in [0.2, 0.25) is 0 Å². The maximum Gasteiger partial charge on any atom is 0.325 e. The molecule has 2 aromatic rings. The standard InChI is InChI=1S/C35H51N3OS2/c1-5-24-21-28-30-15-14-26(34(30,3)18-16-31(28)35(4)17-7-6-13-29(24)35)11-9-19-36-33(39)38-41-27-12-8-10-25(20-27)32-37-23(2)22-40-32/h8,10,12,20,22,24,26,28-31H,5-7,9,11,13-19,21H2,1-4H3,(H2,36,38,39)/t24-,26?,28?,29?,30?,31-,34?,35?/m0/s1. The maximum absolute atomic E-state index is 12.6. The number of nitrogens with zero attached hydrogens (tertiary/aromatic N) is 1. The number of rotatable bonds is 8. The third-order valence-corrected chi connectivity index (χ3v) is 14.2. The molecule has 4 saturated carbocycles. The first kappa shape index (κ1) is 29.5. The fourth-order valence-corrected chi connectivity index (χ4v) is 11.9. The Kier molecular flexibility index (Phi) is 8.81. The van der Waals surface area contributed by atoms with Crippen LogP contribution < -0.4 is 10.0 Å². The number of nitrogens with one attached hydrogen (secondary N) is 2. The summed E-state index contributed by atoms with van der Waals surface area (Å²) in [6.07, 6.45) is 16.9. The van der Waals surface area contributed by atoms with E-state index < -0.39 is 0 Å². The van der Waals surface area contributed by atoms with Gasteiger partial charge in [0.25, 0.3) is 0 Å². The van der Waals surface area contributed by atoms with Crippen LogP contribution >= 0.6 is 23.3 Å². The molecule has 0 bridgehead atoms. The van der Waals surface area contributed by atoms with E-state index in [2.05, 4.69) is 53.3 Å². The first-order valence-corrected chi connectivity index (χ1v) is 18.2. The molecule has 1 aromatic heterocycles. The van der Waals surface area contributed by atoms with Crippen LogP contribution in [0.1, 0.15) is 104 Å². The zero-order valence-corrected chi connectivity index (χ0v) is 27.3. The molecule has 4 fully saturated rings. The topological polar surface area (TPSA) is 54.0 Å². The monoisotopic (exact) mass is 593 g/mol. The molecule has 8 atom stereocenters. The molecule has 2 amide bonds. The Morgan fingerprint density at radius 2 is 1.93 bits per heavy atom. The number of hydrogen-bond donors (Lipinski definition) is 2. The van der Waals surface area contributed by atoms with E-state index in [9.17, 15) is 4.79 Å².